The van der Waals surface area contributed by atoms with Crippen LogP contribution in [-0.2, 0) is 10.2 Å². The Morgan fingerprint density at radius 1 is 1.15 bits per heavy atom. The Morgan fingerprint density at radius 2 is 1.93 bits per heavy atom. The van der Waals surface area contributed by atoms with Gasteiger partial charge in [-0.25, -0.2) is 13.8 Å². The van der Waals surface area contributed by atoms with Gasteiger partial charge in [-0.1, -0.05) is 0 Å². The van der Waals surface area contributed by atoms with Crippen molar-refractivity contribution in [3.63, 3.8) is 0 Å². The highest BCUT2D eigenvalue weighted by molar-refractivity contribution is 5.38. The Kier molecular flexibility index (Phi) is 4.95. The summed E-state index contributed by atoms with van der Waals surface area (Å²) in [5.41, 5.74) is 1.05. The largest absolute Gasteiger partial charge is 0.487 e. The van der Waals surface area contributed by atoms with Crippen LogP contribution in [-0.4, -0.2) is 42.9 Å². The molecule has 144 valence electrons. The summed E-state index contributed by atoms with van der Waals surface area (Å²) < 4.78 is 37.7. The van der Waals surface area contributed by atoms with Crippen molar-refractivity contribution >= 4 is 5.82 Å². The van der Waals surface area contributed by atoms with E-state index < -0.39 is 11.6 Å². The standard InChI is InChI=1S/C20H23F2N3O2/c1-26-13-20(6-7-20)18-11-24-19(12-23-18)25-8-4-15(5-9-25)27-17-3-2-14(21)10-16(17)22/h2-3,10-12,15H,4-9,13H2,1H3. The van der Waals surface area contributed by atoms with Crippen LogP contribution in [0.5, 0.6) is 5.75 Å². The van der Waals surface area contributed by atoms with Crippen molar-refractivity contribution in [2.45, 2.75) is 37.2 Å². The first-order valence-corrected chi connectivity index (χ1v) is 9.28. The zero-order valence-corrected chi connectivity index (χ0v) is 15.3. The average molecular weight is 375 g/mol. The minimum atomic E-state index is -0.663. The number of hydrogen-bond donors (Lipinski definition) is 0. The molecule has 0 radical (unpaired) electrons. The summed E-state index contributed by atoms with van der Waals surface area (Å²) >= 11 is 0. The summed E-state index contributed by atoms with van der Waals surface area (Å²) in [7, 11) is 1.71. The number of anilines is 1. The van der Waals surface area contributed by atoms with E-state index in [1.807, 2.05) is 12.4 Å². The zero-order valence-electron chi connectivity index (χ0n) is 15.3. The molecular formula is C20H23F2N3O2. The summed E-state index contributed by atoms with van der Waals surface area (Å²) in [5, 5.41) is 0. The maximum Gasteiger partial charge on any atom is 0.167 e. The van der Waals surface area contributed by atoms with Crippen molar-refractivity contribution in [3.05, 3.63) is 47.9 Å². The van der Waals surface area contributed by atoms with E-state index in [4.69, 9.17) is 9.47 Å². The molecule has 2 heterocycles. The van der Waals surface area contributed by atoms with Crippen LogP contribution in [0.4, 0.5) is 14.6 Å². The highest BCUT2D eigenvalue weighted by atomic mass is 19.1. The summed E-state index contributed by atoms with van der Waals surface area (Å²) in [5.74, 6) is -0.315. The Morgan fingerprint density at radius 3 is 2.52 bits per heavy atom. The number of halogens is 2. The van der Waals surface area contributed by atoms with E-state index in [1.165, 1.54) is 12.1 Å². The molecule has 2 aliphatic rings. The van der Waals surface area contributed by atoms with Gasteiger partial charge in [-0.05, 0) is 25.0 Å². The van der Waals surface area contributed by atoms with Crippen molar-refractivity contribution in [2.24, 2.45) is 0 Å². The van der Waals surface area contributed by atoms with Crippen LogP contribution < -0.4 is 9.64 Å². The van der Waals surface area contributed by atoms with Crippen molar-refractivity contribution < 1.29 is 18.3 Å². The fraction of sp³-hybridized carbons (Fsp3) is 0.500. The molecule has 1 saturated heterocycles. The van der Waals surface area contributed by atoms with Crippen LogP contribution in [0.15, 0.2) is 30.6 Å². The van der Waals surface area contributed by atoms with E-state index in [-0.39, 0.29) is 17.3 Å². The van der Waals surface area contributed by atoms with Gasteiger partial charge in [0, 0.05) is 44.5 Å². The first-order chi connectivity index (χ1) is 13.1. The Bertz CT molecular complexity index is 788. The average Bonchev–Trinajstić information content (AvgIpc) is 3.46. The van der Waals surface area contributed by atoms with E-state index in [9.17, 15) is 8.78 Å². The van der Waals surface area contributed by atoms with E-state index >= 15 is 0 Å². The van der Waals surface area contributed by atoms with Gasteiger partial charge < -0.3 is 14.4 Å². The van der Waals surface area contributed by atoms with E-state index in [1.54, 1.807) is 7.11 Å². The topological polar surface area (TPSA) is 47.5 Å². The fourth-order valence-electron chi connectivity index (χ4n) is 3.61. The van der Waals surface area contributed by atoms with Gasteiger partial charge in [-0.15, -0.1) is 0 Å². The summed E-state index contributed by atoms with van der Waals surface area (Å²) in [6.07, 6.45) is 7.27. The molecule has 5 nitrogen and oxygen atoms in total. The summed E-state index contributed by atoms with van der Waals surface area (Å²) in [6.45, 7) is 2.19. The first kappa shape index (κ1) is 18.1. The molecule has 0 atom stereocenters. The molecule has 4 rings (SSSR count). The second-order valence-electron chi connectivity index (χ2n) is 7.35. The number of hydrogen-bond acceptors (Lipinski definition) is 5. The van der Waals surface area contributed by atoms with Gasteiger partial charge >= 0.3 is 0 Å². The summed E-state index contributed by atoms with van der Waals surface area (Å²) in [6, 6.07) is 3.40. The number of nitrogens with zero attached hydrogens (tertiary/aromatic N) is 3. The lowest BCUT2D eigenvalue weighted by atomic mass is 10.0. The first-order valence-electron chi connectivity index (χ1n) is 9.28. The number of piperidine rings is 1. The molecule has 0 spiro atoms. The Balaban J connectivity index is 1.34. The lowest BCUT2D eigenvalue weighted by Gasteiger charge is -2.33. The van der Waals surface area contributed by atoms with Gasteiger partial charge in [0.05, 0.1) is 24.7 Å². The molecule has 0 bridgehead atoms. The molecule has 1 aliphatic heterocycles. The molecule has 1 saturated carbocycles. The Labute approximate surface area is 157 Å². The molecule has 2 aromatic rings. The van der Waals surface area contributed by atoms with Crippen molar-refractivity contribution in [3.8, 4) is 5.75 Å². The molecule has 7 heteroatoms. The van der Waals surface area contributed by atoms with Crippen LogP contribution in [0.1, 0.15) is 31.4 Å². The van der Waals surface area contributed by atoms with E-state index in [2.05, 4.69) is 14.9 Å². The second-order valence-corrected chi connectivity index (χ2v) is 7.35. The molecule has 2 fully saturated rings. The van der Waals surface area contributed by atoms with E-state index in [0.29, 0.717) is 6.61 Å². The maximum absolute atomic E-state index is 13.7. The summed E-state index contributed by atoms with van der Waals surface area (Å²) in [4.78, 5) is 11.4. The molecular weight excluding hydrogens is 352 g/mol. The SMILES string of the molecule is COCC1(c2cnc(N3CCC(Oc4ccc(F)cc4F)CC3)cn2)CC1. The van der Waals surface area contributed by atoms with Crippen LogP contribution in [0.2, 0.25) is 0 Å². The monoisotopic (exact) mass is 375 g/mol. The Hall–Kier alpha value is -2.28. The minimum Gasteiger partial charge on any atom is -0.487 e. The van der Waals surface area contributed by atoms with Crippen molar-refractivity contribution in [1.29, 1.82) is 0 Å². The molecule has 27 heavy (non-hydrogen) atoms. The van der Waals surface area contributed by atoms with Gasteiger partial charge in [0.1, 0.15) is 17.7 Å². The third kappa shape index (κ3) is 3.88. The van der Waals surface area contributed by atoms with Crippen LogP contribution in [0.3, 0.4) is 0 Å². The number of ether oxygens (including phenoxy) is 2. The van der Waals surface area contributed by atoms with Gasteiger partial charge in [0.2, 0.25) is 0 Å². The lowest BCUT2D eigenvalue weighted by Crippen LogP contribution is -2.39. The third-order valence-electron chi connectivity index (χ3n) is 5.41. The van der Waals surface area contributed by atoms with Crippen LogP contribution >= 0.6 is 0 Å². The highest BCUT2D eigenvalue weighted by Gasteiger charge is 2.46. The van der Waals surface area contributed by atoms with Crippen LogP contribution in [0, 0.1) is 11.6 Å². The molecule has 0 unspecified atom stereocenters. The molecule has 1 aromatic carbocycles. The normalized spacial score (nSPS) is 19.1. The highest BCUT2D eigenvalue weighted by Crippen LogP contribution is 2.47. The van der Waals surface area contributed by atoms with Gasteiger partial charge in [0.25, 0.3) is 0 Å². The van der Waals surface area contributed by atoms with Gasteiger partial charge in [-0.3, -0.25) is 4.98 Å². The lowest BCUT2D eigenvalue weighted by molar-refractivity contribution is 0.163. The van der Waals surface area contributed by atoms with Gasteiger partial charge in [0.15, 0.2) is 11.6 Å². The number of aromatic nitrogens is 2. The molecule has 0 N–H and O–H groups in total. The number of rotatable bonds is 6. The minimum absolute atomic E-state index is 0.0559. The quantitative estimate of drug-likeness (QED) is 0.774. The van der Waals surface area contributed by atoms with Crippen molar-refractivity contribution in [1.82, 2.24) is 9.97 Å². The maximum atomic E-state index is 13.7. The predicted molar refractivity (Wildman–Crippen MR) is 97.0 cm³/mol. The van der Waals surface area contributed by atoms with Crippen LogP contribution in [0.25, 0.3) is 0 Å². The fourth-order valence-corrected chi connectivity index (χ4v) is 3.61. The predicted octanol–water partition coefficient (Wildman–Crippen LogP) is 3.48. The number of benzene rings is 1. The van der Waals surface area contributed by atoms with E-state index in [0.717, 1.165) is 56.4 Å². The third-order valence-corrected chi connectivity index (χ3v) is 5.41. The van der Waals surface area contributed by atoms with Crippen molar-refractivity contribution in [2.75, 3.05) is 31.7 Å². The zero-order chi connectivity index (χ0) is 18.9. The molecule has 1 aromatic heterocycles. The van der Waals surface area contributed by atoms with Gasteiger partial charge in [-0.2, -0.15) is 0 Å². The smallest absolute Gasteiger partial charge is 0.167 e. The molecule has 1 aliphatic carbocycles. The second kappa shape index (κ2) is 7.38. The molecule has 0 amide bonds. The number of methoxy groups -OCH3 is 1.